The zero-order valence-corrected chi connectivity index (χ0v) is 13.3. The van der Waals surface area contributed by atoms with Crippen LogP contribution >= 0.6 is 23.2 Å². The fraction of sp³-hybridized carbons (Fsp3) is 0.176. The van der Waals surface area contributed by atoms with Crippen molar-refractivity contribution in [3.05, 3.63) is 59.3 Å². The van der Waals surface area contributed by atoms with E-state index in [1.165, 1.54) is 5.56 Å². The summed E-state index contributed by atoms with van der Waals surface area (Å²) in [6, 6.07) is 14.1. The average molecular weight is 317 g/mol. The molecule has 0 fully saturated rings. The minimum absolute atomic E-state index is 0.646. The molecule has 0 radical (unpaired) electrons. The van der Waals surface area contributed by atoms with E-state index in [4.69, 9.17) is 23.2 Å². The molecule has 1 aromatic heterocycles. The van der Waals surface area contributed by atoms with Gasteiger partial charge in [0.25, 0.3) is 0 Å². The van der Waals surface area contributed by atoms with Gasteiger partial charge in [0.05, 0.1) is 11.2 Å². The van der Waals surface area contributed by atoms with Crippen LogP contribution in [0.15, 0.2) is 42.5 Å². The van der Waals surface area contributed by atoms with Crippen molar-refractivity contribution in [2.75, 3.05) is 0 Å². The normalized spacial score (nSPS) is 11.3. The second kappa shape index (κ2) is 5.63. The first-order valence-electron chi connectivity index (χ1n) is 6.68. The Bertz CT molecular complexity index is 796. The Labute approximate surface area is 133 Å². The summed E-state index contributed by atoms with van der Waals surface area (Å²) in [4.78, 5) is 8.52. The highest BCUT2D eigenvalue weighted by atomic mass is 35.5. The first-order valence-corrected chi connectivity index (χ1v) is 7.55. The Morgan fingerprint density at radius 2 is 1.52 bits per heavy atom. The van der Waals surface area contributed by atoms with E-state index in [2.05, 4.69) is 9.97 Å². The van der Waals surface area contributed by atoms with E-state index in [0.717, 1.165) is 22.0 Å². The molecular formula is C17H14Cl2N2. The number of aromatic nitrogens is 2. The average Bonchev–Trinajstić information content (AvgIpc) is 2.46. The molecule has 21 heavy (non-hydrogen) atoms. The van der Waals surface area contributed by atoms with Crippen molar-refractivity contribution in [3.63, 3.8) is 0 Å². The van der Waals surface area contributed by atoms with Crippen LogP contribution in [-0.4, -0.2) is 9.97 Å². The van der Waals surface area contributed by atoms with Crippen LogP contribution in [-0.2, 0) is 0 Å². The minimum atomic E-state index is -0.679. The van der Waals surface area contributed by atoms with Crippen molar-refractivity contribution in [2.45, 2.75) is 18.7 Å². The van der Waals surface area contributed by atoms with Crippen molar-refractivity contribution < 1.29 is 0 Å². The third-order valence-corrected chi connectivity index (χ3v) is 3.81. The van der Waals surface area contributed by atoms with Gasteiger partial charge in [-0.2, -0.15) is 0 Å². The molecule has 0 N–H and O–H groups in total. The summed E-state index contributed by atoms with van der Waals surface area (Å²) in [6.45, 7) is 4.07. The molecule has 0 atom stereocenters. The fourth-order valence-corrected chi connectivity index (χ4v) is 2.60. The van der Waals surface area contributed by atoms with Gasteiger partial charge < -0.3 is 0 Å². The van der Waals surface area contributed by atoms with Crippen LogP contribution in [0.25, 0.3) is 22.3 Å². The SMILES string of the molecule is Cc1ccc(-c2nc(C(Cl)Cl)c3cc(C)ccc3n2)cc1. The van der Waals surface area contributed by atoms with Crippen molar-refractivity contribution in [1.29, 1.82) is 0 Å². The Morgan fingerprint density at radius 3 is 2.19 bits per heavy atom. The quantitative estimate of drug-likeness (QED) is 0.592. The van der Waals surface area contributed by atoms with Gasteiger partial charge in [0.2, 0.25) is 0 Å². The Hall–Kier alpha value is -1.64. The predicted octanol–water partition coefficient (Wildman–Crippen LogP) is 5.39. The Balaban J connectivity index is 2.25. The van der Waals surface area contributed by atoms with E-state index in [0.29, 0.717) is 11.5 Å². The smallest absolute Gasteiger partial charge is 0.160 e. The van der Waals surface area contributed by atoms with Crippen LogP contribution in [0.5, 0.6) is 0 Å². The van der Waals surface area contributed by atoms with Crippen LogP contribution in [0.3, 0.4) is 0 Å². The third kappa shape index (κ3) is 2.87. The first-order chi connectivity index (χ1) is 10.0. The van der Waals surface area contributed by atoms with Gasteiger partial charge >= 0.3 is 0 Å². The lowest BCUT2D eigenvalue weighted by molar-refractivity contribution is 1.12. The highest BCUT2D eigenvalue weighted by Gasteiger charge is 2.14. The number of hydrogen-bond donors (Lipinski definition) is 0. The Morgan fingerprint density at radius 1 is 0.857 bits per heavy atom. The van der Waals surface area contributed by atoms with E-state index < -0.39 is 4.84 Å². The number of rotatable bonds is 2. The molecule has 3 aromatic rings. The van der Waals surface area contributed by atoms with E-state index >= 15 is 0 Å². The summed E-state index contributed by atoms with van der Waals surface area (Å²) in [5.41, 5.74) is 4.79. The zero-order valence-electron chi connectivity index (χ0n) is 11.8. The zero-order chi connectivity index (χ0) is 15.0. The van der Waals surface area contributed by atoms with Gasteiger partial charge in [0, 0.05) is 10.9 Å². The van der Waals surface area contributed by atoms with Gasteiger partial charge in [-0.25, -0.2) is 9.97 Å². The summed E-state index contributed by atoms with van der Waals surface area (Å²) in [6.07, 6.45) is 0. The molecular weight excluding hydrogens is 303 g/mol. The molecule has 0 amide bonds. The number of alkyl halides is 2. The second-order valence-electron chi connectivity index (χ2n) is 5.12. The van der Waals surface area contributed by atoms with E-state index in [1.54, 1.807) is 0 Å². The lowest BCUT2D eigenvalue weighted by atomic mass is 10.1. The Kier molecular flexibility index (Phi) is 3.83. The van der Waals surface area contributed by atoms with E-state index in [9.17, 15) is 0 Å². The topological polar surface area (TPSA) is 25.8 Å². The third-order valence-electron chi connectivity index (χ3n) is 3.40. The van der Waals surface area contributed by atoms with Crippen molar-refractivity contribution >= 4 is 34.1 Å². The molecule has 2 nitrogen and oxygen atoms in total. The molecule has 1 heterocycles. The predicted molar refractivity (Wildman–Crippen MR) is 88.9 cm³/mol. The summed E-state index contributed by atoms with van der Waals surface area (Å²) in [5.74, 6) is 0.646. The van der Waals surface area contributed by atoms with Crippen LogP contribution < -0.4 is 0 Å². The fourth-order valence-electron chi connectivity index (χ4n) is 2.26. The van der Waals surface area contributed by atoms with E-state index in [1.807, 2.05) is 56.3 Å². The van der Waals surface area contributed by atoms with Crippen LogP contribution in [0.4, 0.5) is 0 Å². The molecule has 4 heteroatoms. The van der Waals surface area contributed by atoms with Gasteiger partial charge in [-0.3, -0.25) is 0 Å². The molecule has 0 saturated heterocycles. The van der Waals surface area contributed by atoms with Crippen LogP contribution in [0.1, 0.15) is 21.7 Å². The number of hydrogen-bond acceptors (Lipinski definition) is 2. The molecule has 0 saturated carbocycles. The van der Waals surface area contributed by atoms with Gasteiger partial charge in [-0.15, -0.1) is 0 Å². The maximum Gasteiger partial charge on any atom is 0.160 e. The molecule has 0 aliphatic rings. The second-order valence-corrected chi connectivity index (χ2v) is 6.22. The highest BCUT2D eigenvalue weighted by Crippen LogP contribution is 2.31. The van der Waals surface area contributed by atoms with Crippen LogP contribution in [0, 0.1) is 13.8 Å². The van der Waals surface area contributed by atoms with Gasteiger partial charge in [0.15, 0.2) is 5.82 Å². The molecule has 0 spiro atoms. The number of fused-ring (bicyclic) bond motifs is 1. The van der Waals surface area contributed by atoms with Crippen molar-refractivity contribution in [2.24, 2.45) is 0 Å². The lowest BCUT2D eigenvalue weighted by Crippen LogP contribution is -1.98. The number of aryl methyl sites for hydroxylation is 2. The highest BCUT2D eigenvalue weighted by molar-refractivity contribution is 6.44. The molecule has 0 aliphatic carbocycles. The number of benzene rings is 2. The van der Waals surface area contributed by atoms with Gasteiger partial charge in [0.1, 0.15) is 4.84 Å². The standard InChI is InChI=1S/C17H14Cl2N2/c1-10-3-6-12(7-4-10)17-20-14-8-5-11(2)9-13(14)15(21-17)16(18)19/h3-9,16H,1-2H3. The van der Waals surface area contributed by atoms with Crippen molar-refractivity contribution in [1.82, 2.24) is 9.97 Å². The van der Waals surface area contributed by atoms with Crippen LogP contribution in [0.2, 0.25) is 0 Å². The maximum atomic E-state index is 6.09. The minimum Gasteiger partial charge on any atom is -0.230 e. The molecule has 0 bridgehead atoms. The summed E-state index contributed by atoms with van der Waals surface area (Å²) in [7, 11) is 0. The molecule has 106 valence electrons. The van der Waals surface area contributed by atoms with Gasteiger partial charge in [-0.05, 0) is 26.0 Å². The number of nitrogens with zero attached hydrogens (tertiary/aromatic N) is 2. The molecule has 0 aliphatic heterocycles. The summed E-state index contributed by atoms with van der Waals surface area (Å²) >= 11 is 12.2. The van der Waals surface area contributed by atoms with Crippen molar-refractivity contribution in [3.8, 4) is 11.4 Å². The first kappa shape index (κ1) is 14.3. The lowest BCUT2D eigenvalue weighted by Gasteiger charge is -2.10. The molecule has 0 unspecified atom stereocenters. The summed E-state index contributed by atoms with van der Waals surface area (Å²) < 4.78 is 0. The molecule has 3 rings (SSSR count). The molecule has 2 aromatic carbocycles. The maximum absolute atomic E-state index is 6.09. The van der Waals surface area contributed by atoms with Gasteiger partial charge in [-0.1, -0.05) is 64.7 Å². The largest absolute Gasteiger partial charge is 0.230 e. The number of halogens is 2. The van der Waals surface area contributed by atoms with E-state index in [-0.39, 0.29) is 0 Å². The summed E-state index contributed by atoms with van der Waals surface area (Å²) in [5, 5.41) is 0.904. The monoisotopic (exact) mass is 316 g/mol.